The molecule has 0 heterocycles. The van der Waals surface area contributed by atoms with Crippen LogP contribution in [0.25, 0.3) is 0 Å². The van der Waals surface area contributed by atoms with Crippen LogP contribution < -0.4 is 5.48 Å². The summed E-state index contributed by atoms with van der Waals surface area (Å²) in [5.41, 5.74) is 4.42. The Morgan fingerprint density at radius 3 is 2.58 bits per heavy atom. The number of rotatable bonds is 5. The van der Waals surface area contributed by atoms with Gasteiger partial charge < -0.3 is 5.11 Å². The van der Waals surface area contributed by atoms with Crippen molar-refractivity contribution < 1.29 is 9.94 Å². The maximum Gasteiger partial charge on any atom is 0.138 e. The minimum absolute atomic E-state index is 0.0156. The van der Waals surface area contributed by atoms with Gasteiger partial charge in [0.05, 0.1) is 11.6 Å². The maximum atomic E-state index is 9.75. The highest BCUT2D eigenvalue weighted by atomic mass is 35.5. The molecule has 2 aromatic rings. The molecule has 2 rings (SSSR count). The first kappa shape index (κ1) is 14.2. The minimum atomic E-state index is 0.0156. The zero-order valence-corrected chi connectivity index (χ0v) is 11.6. The monoisotopic (exact) mass is 297 g/mol. The van der Waals surface area contributed by atoms with Crippen LogP contribution in [0.5, 0.6) is 5.75 Å². The SMILES string of the molecule is Oc1c(Cl)cc(Cl)cc1CNOCc1ccccc1. The van der Waals surface area contributed by atoms with Crippen LogP contribution >= 0.6 is 23.2 Å². The standard InChI is InChI=1S/C14H13Cl2NO2/c15-12-6-11(14(18)13(16)7-12)8-17-19-9-10-4-2-1-3-5-10/h1-7,17-18H,8-9H2. The summed E-state index contributed by atoms with van der Waals surface area (Å²) in [4.78, 5) is 5.31. The fourth-order valence-corrected chi connectivity index (χ4v) is 2.13. The first-order valence-corrected chi connectivity index (χ1v) is 6.48. The predicted octanol–water partition coefficient (Wildman–Crippen LogP) is 3.92. The van der Waals surface area contributed by atoms with Crippen molar-refractivity contribution in [1.29, 1.82) is 0 Å². The summed E-state index contributed by atoms with van der Waals surface area (Å²) >= 11 is 11.7. The van der Waals surface area contributed by atoms with Gasteiger partial charge in [0.1, 0.15) is 5.75 Å². The summed E-state index contributed by atoms with van der Waals surface area (Å²) in [5.74, 6) is 0.0156. The van der Waals surface area contributed by atoms with Crippen molar-refractivity contribution >= 4 is 23.2 Å². The highest BCUT2D eigenvalue weighted by molar-refractivity contribution is 6.35. The molecule has 0 aliphatic rings. The van der Waals surface area contributed by atoms with Crippen LogP contribution in [0.15, 0.2) is 42.5 Å². The lowest BCUT2D eigenvalue weighted by Gasteiger charge is -2.09. The van der Waals surface area contributed by atoms with Gasteiger partial charge in [0.2, 0.25) is 0 Å². The third-order valence-electron chi connectivity index (χ3n) is 2.55. The molecule has 0 aromatic heterocycles. The van der Waals surface area contributed by atoms with Gasteiger partial charge in [0.15, 0.2) is 0 Å². The molecule has 3 nitrogen and oxygen atoms in total. The summed E-state index contributed by atoms with van der Waals surface area (Å²) in [7, 11) is 0. The molecule has 5 heteroatoms. The first-order chi connectivity index (χ1) is 9.16. The molecular weight excluding hydrogens is 285 g/mol. The Bertz CT molecular complexity index is 547. The van der Waals surface area contributed by atoms with E-state index in [1.807, 2.05) is 30.3 Å². The number of hydroxylamine groups is 1. The lowest BCUT2D eigenvalue weighted by atomic mass is 10.2. The maximum absolute atomic E-state index is 9.75. The summed E-state index contributed by atoms with van der Waals surface area (Å²) in [5, 5.41) is 10.5. The van der Waals surface area contributed by atoms with E-state index in [2.05, 4.69) is 5.48 Å². The van der Waals surface area contributed by atoms with Crippen molar-refractivity contribution in [2.45, 2.75) is 13.2 Å². The smallest absolute Gasteiger partial charge is 0.138 e. The summed E-state index contributed by atoms with van der Waals surface area (Å²) in [6.07, 6.45) is 0. The Labute approximate surface area is 121 Å². The summed E-state index contributed by atoms with van der Waals surface area (Å²) < 4.78 is 0. The van der Waals surface area contributed by atoms with E-state index in [1.54, 1.807) is 6.07 Å². The van der Waals surface area contributed by atoms with E-state index in [1.165, 1.54) is 6.07 Å². The normalized spacial score (nSPS) is 10.6. The molecule has 0 spiro atoms. The average Bonchev–Trinajstić information content (AvgIpc) is 2.41. The van der Waals surface area contributed by atoms with E-state index in [0.717, 1.165) is 5.56 Å². The van der Waals surface area contributed by atoms with Gasteiger partial charge in [-0.2, -0.15) is 5.48 Å². The Morgan fingerprint density at radius 1 is 1.11 bits per heavy atom. The van der Waals surface area contributed by atoms with Crippen molar-refractivity contribution in [3.63, 3.8) is 0 Å². The van der Waals surface area contributed by atoms with Gasteiger partial charge in [-0.1, -0.05) is 53.5 Å². The number of benzene rings is 2. The molecular formula is C14H13Cl2NO2. The molecule has 0 fully saturated rings. The molecule has 0 radical (unpaired) electrons. The second-order valence-corrected chi connectivity index (χ2v) is 4.83. The third-order valence-corrected chi connectivity index (χ3v) is 3.06. The van der Waals surface area contributed by atoms with Crippen molar-refractivity contribution in [2.24, 2.45) is 0 Å². The van der Waals surface area contributed by atoms with Gasteiger partial charge in [-0.15, -0.1) is 0 Å². The second kappa shape index (κ2) is 6.78. The molecule has 0 atom stereocenters. The Hall–Kier alpha value is -1.26. The molecule has 0 unspecified atom stereocenters. The molecule has 0 amide bonds. The van der Waals surface area contributed by atoms with Crippen LogP contribution in [0.4, 0.5) is 0 Å². The molecule has 2 aromatic carbocycles. The molecule has 100 valence electrons. The number of aromatic hydroxyl groups is 1. The highest BCUT2D eigenvalue weighted by Crippen LogP contribution is 2.30. The average molecular weight is 298 g/mol. The molecule has 0 bridgehead atoms. The number of hydrogen-bond donors (Lipinski definition) is 2. The Kier molecular flexibility index (Phi) is 5.05. The minimum Gasteiger partial charge on any atom is -0.506 e. The van der Waals surface area contributed by atoms with Crippen LogP contribution in [-0.2, 0) is 18.0 Å². The largest absolute Gasteiger partial charge is 0.506 e. The van der Waals surface area contributed by atoms with Crippen LogP contribution in [-0.4, -0.2) is 5.11 Å². The van der Waals surface area contributed by atoms with E-state index in [9.17, 15) is 5.11 Å². The van der Waals surface area contributed by atoms with Gasteiger partial charge in [-0.25, -0.2) is 0 Å². The predicted molar refractivity (Wildman–Crippen MR) is 76.2 cm³/mol. The zero-order valence-electron chi connectivity index (χ0n) is 10.1. The number of halogens is 2. The Balaban J connectivity index is 1.86. The van der Waals surface area contributed by atoms with Crippen LogP contribution in [0.2, 0.25) is 10.0 Å². The van der Waals surface area contributed by atoms with Crippen LogP contribution in [0.1, 0.15) is 11.1 Å². The van der Waals surface area contributed by atoms with E-state index < -0.39 is 0 Å². The van der Waals surface area contributed by atoms with Gasteiger partial charge in [-0.05, 0) is 17.7 Å². The first-order valence-electron chi connectivity index (χ1n) is 5.72. The zero-order chi connectivity index (χ0) is 13.7. The Morgan fingerprint density at radius 2 is 1.84 bits per heavy atom. The van der Waals surface area contributed by atoms with Crippen LogP contribution in [0.3, 0.4) is 0 Å². The molecule has 0 saturated heterocycles. The topological polar surface area (TPSA) is 41.5 Å². The molecule has 0 aliphatic carbocycles. The fourth-order valence-electron chi connectivity index (χ4n) is 1.59. The van der Waals surface area contributed by atoms with Gasteiger partial charge in [0.25, 0.3) is 0 Å². The quantitative estimate of drug-likeness (QED) is 0.649. The van der Waals surface area contributed by atoms with Crippen molar-refractivity contribution in [3.8, 4) is 5.75 Å². The third kappa shape index (κ3) is 4.11. The van der Waals surface area contributed by atoms with Crippen molar-refractivity contribution in [2.75, 3.05) is 0 Å². The molecule has 19 heavy (non-hydrogen) atoms. The number of phenolic OH excluding ortho intramolecular Hbond substituents is 1. The van der Waals surface area contributed by atoms with E-state index in [-0.39, 0.29) is 10.8 Å². The van der Waals surface area contributed by atoms with Gasteiger partial charge >= 0.3 is 0 Å². The molecule has 0 aliphatic heterocycles. The fraction of sp³-hybridized carbons (Fsp3) is 0.143. The van der Waals surface area contributed by atoms with E-state index >= 15 is 0 Å². The lowest BCUT2D eigenvalue weighted by molar-refractivity contribution is 0.0231. The lowest BCUT2D eigenvalue weighted by Crippen LogP contribution is -2.14. The molecule has 2 N–H and O–H groups in total. The van der Waals surface area contributed by atoms with Crippen molar-refractivity contribution in [1.82, 2.24) is 5.48 Å². The highest BCUT2D eigenvalue weighted by Gasteiger charge is 2.07. The van der Waals surface area contributed by atoms with Gasteiger partial charge in [0, 0.05) is 17.1 Å². The van der Waals surface area contributed by atoms with Crippen molar-refractivity contribution in [3.05, 3.63) is 63.6 Å². The van der Waals surface area contributed by atoms with E-state index in [0.29, 0.717) is 23.7 Å². The summed E-state index contributed by atoms with van der Waals surface area (Å²) in [6, 6.07) is 12.9. The number of nitrogens with one attached hydrogen (secondary N) is 1. The van der Waals surface area contributed by atoms with Crippen LogP contribution in [0, 0.1) is 0 Å². The second-order valence-electron chi connectivity index (χ2n) is 3.99. The molecule has 0 saturated carbocycles. The van der Waals surface area contributed by atoms with Gasteiger partial charge in [-0.3, -0.25) is 4.84 Å². The summed E-state index contributed by atoms with van der Waals surface area (Å²) in [6.45, 7) is 0.759. The van der Waals surface area contributed by atoms with E-state index in [4.69, 9.17) is 28.0 Å². The number of hydrogen-bond acceptors (Lipinski definition) is 3. The number of phenols is 1.